The molecule has 0 saturated carbocycles. The summed E-state index contributed by atoms with van der Waals surface area (Å²) in [7, 11) is 0. The number of nitrogens with two attached hydrogens (primary N) is 2. The lowest BCUT2D eigenvalue weighted by molar-refractivity contribution is -0.126. The van der Waals surface area contributed by atoms with Crippen LogP contribution in [0, 0.1) is 0 Å². The Morgan fingerprint density at radius 3 is 2.54 bits per heavy atom. The molecule has 0 aromatic carbocycles. The maximum Gasteiger partial charge on any atom is 0.237 e. The highest BCUT2D eigenvalue weighted by molar-refractivity contribution is 5.87. The van der Waals surface area contributed by atoms with E-state index < -0.39 is 17.9 Å². The van der Waals surface area contributed by atoms with Crippen molar-refractivity contribution in [2.75, 3.05) is 13.2 Å². The van der Waals surface area contributed by atoms with Crippen LogP contribution >= 0.6 is 0 Å². The van der Waals surface area contributed by atoms with Crippen LogP contribution in [-0.4, -0.2) is 36.1 Å². The first kappa shape index (κ1) is 11.9. The van der Waals surface area contributed by atoms with Gasteiger partial charge < -0.3 is 21.9 Å². The summed E-state index contributed by atoms with van der Waals surface area (Å²) in [6, 6.07) is -0.892. The summed E-state index contributed by atoms with van der Waals surface area (Å²) < 4.78 is 0. The molecule has 1 unspecified atom stereocenters. The molecule has 0 saturated heterocycles. The molecule has 6 heteroatoms. The standard InChI is InChI=1S/C7H15N3O3/c8-5(4-6(9)12)7(13)10-2-1-3-11/h5,11H,1-4,8H2,(H2,9,12)(H,10,13). The van der Waals surface area contributed by atoms with Gasteiger partial charge in [-0.3, -0.25) is 9.59 Å². The number of hydrogen-bond donors (Lipinski definition) is 4. The average Bonchev–Trinajstić information content (AvgIpc) is 2.03. The van der Waals surface area contributed by atoms with Crippen molar-refractivity contribution in [1.29, 1.82) is 0 Å². The zero-order chi connectivity index (χ0) is 10.3. The molecule has 6 N–H and O–H groups in total. The fourth-order valence-electron chi connectivity index (χ4n) is 0.731. The Labute approximate surface area is 76.3 Å². The van der Waals surface area contributed by atoms with E-state index >= 15 is 0 Å². The Morgan fingerprint density at radius 2 is 2.08 bits per heavy atom. The average molecular weight is 189 g/mol. The molecular weight excluding hydrogens is 174 g/mol. The van der Waals surface area contributed by atoms with Crippen molar-refractivity contribution in [3.8, 4) is 0 Å². The second-order valence-electron chi connectivity index (χ2n) is 2.65. The Hall–Kier alpha value is -1.14. The maximum atomic E-state index is 11.0. The Balaban J connectivity index is 3.63. The molecule has 0 aliphatic heterocycles. The van der Waals surface area contributed by atoms with Crippen LogP contribution in [0.2, 0.25) is 0 Å². The van der Waals surface area contributed by atoms with Gasteiger partial charge in [-0.2, -0.15) is 0 Å². The van der Waals surface area contributed by atoms with Gasteiger partial charge in [-0.15, -0.1) is 0 Å². The van der Waals surface area contributed by atoms with E-state index in [9.17, 15) is 9.59 Å². The Morgan fingerprint density at radius 1 is 1.46 bits per heavy atom. The molecule has 2 amide bonds. The second kappa shape index (κ2) is 6.38. The zero-order valence-electron chi connectivity index (χ0n) is 7.32. The fourth-order valence-corrected chi connectivity index (χ4v) is 0.731. The molecule has 76 valence electrons. The lowest BCUT2D eigenvalue weighted by Crippen LogP contribution is -2.43. The number of hydrogen-bond acceptors (Lipinski definition) is 4. The van der Waals surface area contributed by atoms with Gasteiger partial charge in [0.05, 0.1) is 12.5 Å². The fraction of sp³-hybridized carbons (Fsp3) is 0.714. The van der Waals surface area contributed by atoms with Crippen LogP contribution in [0.15, 0.2) is 0 Å². The summed E-state index contributed by atoms with van der Waals surface area (Å²) in [4.78, 5) is 21.4. The highest BCUT2D eigenvalue weighted by Gasteiger charge is 2.14. The summed E-state index contributed by atoms with van der Waals surface area (Å²) >= 11 is 0. The number of primary amides is 1. The molecule has 0 aromatic heterocycles. The lowest BCUT2D eigenvalue weighted by Gasteiger charge is -2.09. The lowest BCUT2D eigenvalue weighted by atomic mass is 10.2. The number of aliphatic hydroxyl groups excluding tert-OH is 1. The summed E-state index contributed by atoms with van der Waals surface area (Å²) in [6.07, 6.45) is 0.306. The summed E-state index contributed by atoms with van der Waals surface area (Å²) in [6.45, 7) is 0.354. The van der Waals surface area contributed by atoms with E-state index in [0.29, 0.717) is 13.0 Å². The van der Waals surface area contributed by atoms with Crippen LogP contribution in [-0.2, 0) is 9.59 Å². The molecule has 0 rings (SSSR count). The van der Waals surface area contributed by atoms with Crippen LogP contribution in [0.25, 0.3) is 0 Å². The van der Waals surface area contributed by atoms with Crippen LogP contribution in [0.3, 0.4) is 0 Å². The number of aliphatic hydroxyl groups is 1. The van der Waals surface area contributed by atoms with Crippen molar-refractivity contribution in [3.05, 3.63) is 0 Å². The van der Waals surface area contributed by atoms with Crippen molar-refractivity contribution in [1.82, 2.24) is 5.32 Å². The van der Waals surface area contributed by atoms with Gasteiger partial charge in [-0.1, -0.05) is 0 Å². The van der Waals surface area contributed by atoms with E-state index in [-0.39, 0.29) is 13.0 Å². The van der Waals surface area contributed by atoms with Crippen LogP contribution in [0.5, 0.6) is 0 Å². The summed E-state index contributed by atoms with van der Waals surface area (Å²) in [5.74, 6) is -1.03. The first-order valence-corrected chi connectivity index (χ1v) is 4.00. The van der Waals surface area contributed by atoms with Gasteiger partial charge in [0.25, 0.3) is 0 Å². The van der Waals surface area contributed by atoms with Crippen LogP contribution in [0.4, 0.5) is 0 Å². The molecule has 0 aromatic rings. The van der Waals surface area contributed by atoms with Crippen molar-refractivity contribution >= 4 is 11.8 Å². The van der Waals surface area contributed by atoms with E-state index in [1.807, 2.05) is 0 Å². The monoisotopic (exact) mass is 189 g/mol. The first-order valence-electron chi connectivity index (χ1n) is 4.00. The van der Waals surface area contributed by atoms with Gasteiger partial charge in [0, 0.05) is 13.2 Å². The highest BCUT2D eigenvalue weighted by atomic mass is 16.3. The van der Waals surface area contributed by atoms with Crippen molar-refractivity contribution < 1.29 is 14.7 Å². The molecule has 0 heterocycles. The number of amides is 2. The topological polar surface area (TPSA) is 118 Å². The van der Waals surface area contributed by atoms with Crippen molar-refractivity contribution in [2.45, 2.75) is 18.9 Å². The maximum absolute atomic E-state index is 11.0. The predicted octanol–water partition coefficient (Wildman–Crippen LogP) is -2.31. The Bertz CT molecular complexity index is 184. The SMILES string of the molecule is NC(=O)CC(N)C(=O)NCCCO. The smallest absolute Gasteiger partial charge is 0.237 e. The molecule has 6 nitrogen and oxygen atoms in total. The quantitative estimate of drug-likeness (QED) is 0.351. The normalized spacial score (nSPS) is 12.2. The van der Waals surface area contributed by atoms with E-state index in [2.05, 4.69) is 5.32 Å². The molecular formula is C7H15N3O3. The molecule has 0 aliphatic rings. The minimum Gasteiger partial charge on any atom is -0.396 e. The number of rotatable bonds is 6. The number of carbonyl (C=O) groups is 2. The summed E-state index contributed by atoms with van der Waals surface area (Å²) in [5.41, 5.74) is 10.2. The van der Waals surface area contributed by atoms with Gasteiger partial charge in [0.2, 0.25) is 11.8 Å². The van der Waals surface area contributed by atoms with E-state index in [1.54, 1.807) is 0 Å². The van der Waals surface area contributed by atoms with Gasteiger partial charge in [0.1, 0.15) is 0 Å². The van der Waals surface area contributed by atoms with Crippen LogP contribution < -0.4 is 16.8 Å². The molecule has 0 fully saturated rings. The minimum atomic E-state index is -0.892. The highest BCUT2D eigenvalue weighted by Crippen LogP contribution is 1.86. The number of nitrogens with one attached hydrogen (secondary N) is 1. The first-order chi connectivity index (χ1) is 6.07. The minimum absolute atomic E-state index is 0.00530. The van der Waals surface area contributed by atoms with Crippen LogP contribution in [0.1, 0.15) is 12.8 Å². The zero-order valence-corrected chi connectivity index (χ0v) is 7.32. The number of carbonyl (C=O) groups excluding carboxylic acids is 2. The van der Waals surface area contributed by atoms with E-state index in [0.717, 1.165) is 0 Å². The van der Waals surface area contributed by atoms with E-state index in [1.165, 1.54) is 0 Å². The summed E-state index contributed by atoms with van der Waals surface area (Å²) in [5, 5.41) is 10.9. The predicted molar refractivity (Wildman–Crippen MR) is 46.5 cm³/mol. The van der Waals surface area contributed by atoms with Crippen molar-refractivity contribution in [2.24, 2.45) is 11.5 Å². The van der Waals surface area contributed by atoms with Gasteiger partial charge >= 0.3 is 0 Å². The second-order valence-corrected chi connectivity index (χ2v) is 2.65. The molecule has 0 spiro atoms. The Kier molecular flexibility index (Phi) is 5.82. The molecule has 1 atom stereocenters. The van der Waals surface area contributed by atoms with Gasteiger partial charge in [0.15, 0.2) is 0 Å². The molecule has 0 bridgehead atoms. The largest absolute Gasteiger partial charge is 0.396 e. The third kappa shape index (κ3) is 6.06. The molecule has 0 aliphatic carbocycles. The molecule has 13 heavy (non-hydrogen) atoms. The third-order valence-corrected chi connectivity index (χ3v) is 1.39. The van der Waals surface area contributed by atoms with E-state index in [4.69, 9.17) is 16.6 Å². The molecule has 0 radical (unpaired) electrons. The van der Waals surface area contributed by atoms with Gasteiger partial charge in [-0.25, -0.2) is 0 Å². The third-order valence-electron chi connectivity index (χ3n) is 1.39. The van der Waals surface area contributed by atoms with Gasteiger partial charge in [-0.05, 0) is 6.42 Å². The van der Waals surface area contributed by atoms with Crippen molar-refractivity contribution in [3.63, 3.8) is 0 Å².